The predicted octanol–water partition coefficient (Wildman–Crippen LogP) is 3.24. The smallest absolute Gasteiger partial charge is 0.129 e. The van der Waals surface area contributed by atoms with Gasteiger partial charge in [-0.25, -0.2) is 0 Å². The molecule has 1 saturated carbocycles. The number of ether oxygens (including phenoxy) is 1. The molecule has 0 atom stereocenters. The Morgan fingerprint density at radius 3 is 2.88 bits per heavy atom. The summed E-state index contributed by atoms with van der Waals surface area (Å²) in [5, 5.41) is 3.37. The second-order valence-corrected chi connectivity index (χ2v) is 5.17. The number of nitrogens with one attached hydrogen (secondary N) is 1. The zero-order chi connectivity index (χ0) is 12.1. The standard InChI is InChI=1S/C14H23NO2/c1-11(2)15-8-12-7-14(16-9-12)10-17-13-5-3-4-6-13/h7,9,11,13,15H,3-6,8,10H2,1-2H3. The first-order valence-electron chi connectivity index (χ1n) is 6.65. The molecule has 1 fully saturated rings. The van der Waals surface area contributed by atoms with Crippen molar-refractivity contribution in [2.24, 2.45) is 0 Å². The Kier molecular flexibility index (Phi) is 4.63. The van der Waals surface area contributed by atoms with Gasteiger partial charge in [-0.15, -0.1) is 0 Å². The maximum Gasteiger partial charge on any atom is 0.129 e. The van der Waals surface area contributed by atoms with Gasteiger partial charge in [-0.2, -0.15) is 0 Å². The normalized spacial score (nSPS) is 17.1. The molecule has 1 heterocycles. The molecule has 0 aromatic carbocycles. The zero-order valence-electron chi connectivity index (χ0n) is 10.9. The van der Waals surface area contributed by atoms with Gasteiger partial charge in [-0.1, -0.05) is 26.7 Å². The van der Waals surface area contributed by atoms with Gasteiger partial charge in [0.2, 0.25) is 0 Å². The summed E-state index contributed by atoms with van der Waals surface area (Å²) in [6, 6.07) is 2.59. The summed E-state index contributed by atoms with van der Waals surface area (Å²) in [4.78, 5) is 0. The molecule has 2 rings (SSSR count). The third-order valence-corrected chi connectivity index (χ3v) is 3.19. The van der Waals surface area contributed by atoms with E-state index in [-0.39, 0.29) is 0 Å². The number of hydrogen-bond donors (Lipinski definition) is 1. The fraction of sp³-hybridized carbons (Fsp3) is 0.714. The van der Waals surface area contributed by atoms with Gasteiger partial charge in [-0.3, -0.25) is 0 Å². The molecule has 0 unspecified atom stereocenters. The fourth-order valence-electron chi connectivity index (χ4n) is 2.17. The van der Waals surface area contributed by atoms with Gasteiger partial charge in [0.15, 0.2) is 0 Å². The van der Waals surface area contributed by atoms with Gasteiger partial charge in [0.25, 0.3) is 0 Å². The maximum absolute atomic E-state index is 5.81. The summed E-state index contributed by atoms with van der Waals surface area (Å²) < 4.78 is 11.3. The molecular weight excluding hydrogens is 214 g/mol. The van der Waals surface area contributed by atoms with Crippen molar-refractivity contribution >= 4 is 0 Å². The molecule has 1 aromatic rings. The average molecular weight is 237 g/mol. The van der Waals surface area contributed by atoms with Crippen molar-refractivity contribution in [2.45, 2.75) is 64.8 Å². The van der Waals surface area contributed by atoms with E-state index in [1.807, 2.05) is 6.26 Å². The van der Waals surface area contributed by atoms with Crippen LogP contribution in [0.3, 0.4) is 0 Å². The van der Waals surface area contributed by atoms with Crippen molar-refractivity contribution in [1.29, 1.82) is 0 Å². The second kappa shape index (κ2) is 6.22. The molecule has 1 N–H and O–H groups in total. The van der Waals surface area contributed by atoms with Crippen LogP contribution in [0.15, 0.2) is 16.7 Å². The maximum atomic E-state index is 5.81. The van der Waals surface area contributed by atoms with Gasteiger partial charge in [0.05, 0.1) is 12.4 Å². The van der Waals surface area contributed by atoms with Crippen molar-refractivity contribution < 1.29 is 9.15 Å². The molecule has 17 heavy (non-hydrogen) atoms. The zero-order valence-corrected chi connectivity index (χ0v) is 10.9. The Bertz CT molecular complexity index is 327. The summed E-state index contributed by atoms with van der Waals surface area (Å²) >= 11 is 0. The lowest BCUT2D eigenvalue weighted by Crippen LogP contribution is -2.21. The van der Waals surface area contributed by atoms with Crippen LogP contribution in [0, 0.1) is 0 Å². The third kappa shape index (κ3) is 4.17. The quantitative estimate of drug-likeness (QED) is 0.824. The lowest BCUT2D eigenvalue weighted by atomic mass is 10.3. The molecule has 3 nitrogen and oxygen atoms in total. The van der Waals surface area contributed by atoms with Crippen LogP contribution in [0.5, 0.6) is 0 Å². The monoisotopic (exact) mass is 237 g/mol. The van der Waals surface area contributed by atoms with Crippen LogP contribution in [0.1, 0.15) is 50.9 Å². The van der Waals surface area contributed by atoms with Gasteiger partial charge >= 0.3 is 0 Å². The predicted molar refractivity (Wildman–Crippen MR) is 67.7 cm³/mol. The highest BCUT2D eigenvalue weighted by atomic mass is 16.5. The minimum absolute atomic E-state index is 0.456. The van der Waals surface area contributed by atoms with Gasteiger partial charge in [0.1, 0.15) is 12.4 Å². The van der Waals surface area contributed by atoms with E-state index < -0.39 is 0 Å². The second-order valence-electron chi connectivity index (χ2n) is 5.17. The Morgan fingerprint density at radius 1 is 1.41 bits per heavy atom. The van der Waals surface area contributed by atoms with E-state index in [9.17, 15) is 0 Å². The lowest BCUT2D eigenvalue weighted by molar-refractivity contribution is 0.0357. The summed E-state index contributed by atoms with van der Waals surface area (Å²) in [6.07, 6.45) is 7.32. The van der Waals surface area contributed by atoms with Gasteiger partial charge in [-0.05, 0) is 18.9 Å². The molecule has 1 aromatic heterocycles. The largest absolute Gasteiger partial charge is 0.467 e. The minimum Gasteiger partial charge on any atom is -0.467 e. The molecule has 0 spiro atoms. The summed E-state index contributed by atoms with van der Waals surface area (Å²) in [5.74, 6) is 0.942. The SMILES string of the molecule is CC(C)NCc1coc(COC2CCCC2)c1. The molecule has 0 radical (unpaired) electrons. The van der Waals surface area contributed by atoms with Crippen molar-refractivity contribution in [3.05, 3.63) is 23.7 Å². The molecule has 96 valence electrons. The van der Waals surface area contributed by atoms with Gasteiger partial charge < -0.3 is 14.5 Å². The van der Waals surface area contributed by atoms with Crippen molar-refractivity contribution in [3.8, 4) is 0 Å². The number of rotatable bonds is 6. The molecular formula is C14H23NO2. The Hall–Kier alpha value is -0.800. The van der Waals surface area contributed by atoms with Crippen molar-refractivity contribution in [3.63, 3.8) is 0 Å². The summed E-state index contributed by atoms with van der Waals surface area (Å²) in [5.41, 5.74) is 1.20. The highest BCUT2D eigenvalue weighted by Gasteiger charge is 2.15. The van der Waals surface area contributed by atoms with E-state index in [0.717, 1.165) is 12.3 Å². The first-order chi connectivity index (χ1) is 8.24. The lowest BCUT2D eigenvalue weighted by Gasteiger charge is -2.08. The topological polar surface area (TPSA) is 34.4 Å². The Balaban J connectivity index is 1.73. The molecule has 1 aliphatic carbocycles. The molecule has 3 heteroatoms. The number of hydrogen-bond acceptors (Lipinski definition) is 3. The first-order valence-corrected chi connectivity index (χ1v) is 6.65. The van der Waals surface area contributed by atoms with Crippen LogP contribution in [-0.2, 0) is 17.9 Å². The van der Waals surface area contributed by atoms with Crippen LogP contribution < -0.4 is 5.32 Å². The van der Waals surface area contributed by atoms with Crippen molar-refractivity contribution in [1.82, 2.24) is 5.32 Å². The third-order valence-electron chi connectivity index (χ3n) is 3.19. The van der Waals surface area contributed by atoms with Gasteiger partial charge in [0, 0.05) is 18.2 Å². The highest BCUT2D eigenvalue weighted by molar-refractivity contribution is 5.12. The molecule has 0 aliphatic heterocycles. The fourth-order valence-corrected chi connectivity index (χ4v) is 2.17. The van der Waals surface area contributed by atoms with E-state index in [4.69, 9.17) is 9.15 Å². The van der Waals surface area contributed by atoms with Crippen LogP contribution in [0.25, 0.3) is 0 Å². The molecule has 0 amide bonds. The van der Waals surface area contributed by atoms with Crippen LogP contribution in [0.4, 0.5) is 0 Å². The molecule has 1 aliphatic rings. The van der Waals surface area contributed by atoms with E-state index in [2.05, 4.69) is 25.2 Å². The van der Waals surface area contributed by atoms with E-state index in [0.29, 0.717) is 18.8 Å². The number of furan rings is 1. The summed E-state index contributed by atoms with van der Waals surface area (Å²) in [7, 11) is 0. The minimum atomic E-state index is 0.456. The Morgan fingerprint density at radius 2 is 2.18 bits per heavy atom. The highest BCUT2D eigenvalue weighted by Crippen LogP contribution is 2.22. The Labute approximate surface area is 104 Å². The molecule has 0 saturated heterocycles. The van der Waals surface area contributed by atoms with Crippen molar-refractivity contribution in [2.75, 3.05) is 0 Å². The van der Waals surface area contributed by atoms with E-state index in [1.54, 1.807) is 0 Å². The van der Waals surface area contributed by atoms with Crippen LogP contribution in [-0.4, -0.2) is 12.1 Å². The molecule has 0 bridgehead atoms. The van der Waals surface area contributed by atoms with E-state index in [1.165, 1.54) is 31.2 Å². The first kappa shape index (κ1) is 12.7. The summed E-state index contributed by atoms with van der Waals surface area (Å²) in [6.45, 7) is 5.77. The van der Waals surface area contributed by atoms with E-state index >= 15 is 0 Å². The average Bonchev–Trinajstić information content (AvgIpc) is 2.95. The van der Waals surface area contributed by atoms with Crippen LogP contribution >= 0.6 is 0 Å². The van der Waals surface area contributed by atoms with Crippen LogP contribution in [0.2, 0.25) is 0 Å².